The maximum atomic E-state index is 12.9. The normalized spacial score (nSPS) is 12.8. The predicted octanol–water partition coefficient (Wildman–Crippen LogP) is 20.0. The van der Waals surface area contributed by atoms with Crippen LogP contribution in [0.25, 0.3) is 0 Å². The van der Waals surface area contributed by atoms with Crippen molar-refractivity contribution in [3.8, 4) is 0 Å². The van der Waals surface area contributed by atoms with Crippen molar-refractivity contribution in [2.24, 2.45) is 0 Å². The number of esters is 2. The first-order chi connectivity index (χ1) is 33.6. The molecule has 0 bridgehead atoms. The molecule has 392 valence electrons. The van der Waals surface area contributed by atoms with Crippen LogP contribution in [0.5, 0.6) is 0 Å². The van der Waals surface area contributed by atoms with Crippen molar-refractivity contribution in [2.45, 2.75) is 284 Å². The Bertz CT molecular complexity index is 1250. The molecule has 0 aromatic rings. The van der Waals surface area contributed by atoms with E-state index in [1.54, 1.807) is 0 Å². The summed E-state index contributed by atoms with van der Waals surface area (Å²) in [5.74, 6) is -0.459. The molecule has 0 radical (unpaired) electrons. The molecule has 0 rings (SSSR count). The Morgan fingerprint density at radius 2 is 0.676 bits per heavy atom. The van der Waals surface area contributed by atoms with Crippen LogP contribution in [-0.4, -0.2) is 37.9 Å². The average molecular weight is 948 g/mol. The summed E-state index contributed by atoms with van der Waals surface area (Å²) < 4.78 is 17.4. The van der Waals surface area contributed by atoms with E-state index in [-0.39, 0.29) is 25.2 Å². The van der Waals surface area contributed by atoms with E-state index in [4.69, 9.17) is 14.2 Å². The third-order valence-electron chi connectivity index (χ3n) is 12.4. The summed E-state index contributed by atoms with van der Waals surface area (Å²) in [6.07, 6.45) is 77.5. The Hall–Kier alpha value is -2.92. The van der Waals surface area contributed by atoms with E-state index in [0.717, 1.165) is 77.0 Å². The fourth-order valence-electron chi connectivity index (χ4n) is 8.11. The number of unbranched alkanes of at least 4 members (excludes halogenated alkanes) is 28. The second-order valence-electron chi connectivity index (χ2n) is 19.2. The van der Waals surface area contributed by atoms with Crippen LogP contribution >= 0.6 is 0 Å². The topological polar surface area (TPSA) is 61.8 Å². The van der Waals surface area contributed by atoms with E-state index in [1.807, 2.05) is 0 Å². The number of carbonyl (C=O) groups is 2. The third-order valence-corrected chi connectivity index (χ3v) is 12.4. The highest BCUT2D eigenvalue weighted by Crippen LogP contribution is 2.16. The van der Waals surface area contributed by atoms with Crippen LogP contribution in [0.2, 0.25) is 0 Å². The summed E-state index contributed by atoms with van der Waals surface area (Å²) in [6, 6.07) is 0. The van der Waals surface area contributed by atoms with Gasteiger partial charge in [0.25, 0.3) is 0 Å². The Labute approximate surface area is 422 Å². The van der Waals surface area contributed by atoms with Crippen LogP contribution in [0.4, 0.5) is 0 Å². The number of hydrogen-bond donors (Lipinski definition) is 0. The van der Waals surface area contributed by atoms with Crippen molar-refractivity contribution in [1.82, 2.24) is 0 Å². The fourth-order valence-corrected chi connectivity index (χ4v) is 8.11. The molecule has 68 heavy (non-hydrogen) atoms. The minimum absolute atomic E-state index is 0.0528. The number of allylic oxidation sites excluding steroid dienone is 14. The highest BCUT2D eigenvalue weighted by molar-refractivity contribution is 5.70. The number of rotatable bonds is 53. The van der Waals surface area contributed by atoms with Gasteiger partial charge in [-0.25, -0.2) is 0 Å². The maximum absolute atomic E-state index is 12.9. The largest absolute Gasteiger partial charge is 0.462 e. The first-order valence-corrected chi connectivity index (χ1v) is 29.1. The highest BCUT2D eigenvalue weighted by atomic mass is 16.6. The van der Waals surface area contributed by atoms with Crippen molar-refractivity contribution < 1.29 is 23.8 Å². The van der Waals surface area contributed by atoms with Gasteiger partial charge in [0.15, 0.2) is 6.10 Å². The van der Waals surface area contributed by atoms with Gasteiger partial charge in [-0.2, -0.15) is 0 Å². The van der Waals surface area contributed by atoms with E-state index in [2.05, 4.69) is 106 Å². The minimum Gasteiger partial charge on any atom is -0.462 e. The Kier molecular flexibility index (Phi) is 55.9. The van der Waals surface area contributed by atoms with Gasteiger partial charge >= 0.3 is 11.9 Å². The molecule has 0 aliphatic heterocycles. The molecule has 0 N–H and O–H groups in total. The van der Waals surface area contributed by atoms with E-state index in [1.165, 1.54) is 167 Å². The second-order valence-corrected chi connectivity index (χ2v) is 19.2. The zero-order valence-electron chi connectivity index (χ0n) is 45.1. The molecule has 5 nitrogen and oxygen atoms in total. The minimum atomic E-state index is -0.565. The van der Waals surface area contributed by atoms with E-state index in [0.29, 0.717) is 19.4 Å². The summed E-state index contributed by atoms with van der Waals surface area (Å²) in [5.41, 5.74) is 0. The lowest BCUT2D eigenvalue weighted by atomic mass is 10.0. The molecular formula is C63H110O5. The maximum Gasteiger partial charge on any atom is 0.306 e. The quantitative estimate of drug-likeness (QED) is 0.0345. The smallest absolute Gasteiger partial charge is 0.306 e. The molecular weight excluding hydrogens is 837 g/mol. The molecule has 0 spiro atoms. The van der Waals surface area contributed by atoms with Gasteiger partial charge in [0.05, 0.1) is 6.61 Å². The number of hydrogen-bond acceptors (Lipinski definition) is 5. The predicted molar refractivity (Wildman–Crippen MR) is 297 cm³/mol. The molecule has 0 aliphatic carbocycles. The molecule has 0 aromatic heterocycles. The van der Waals surface area contributed by atoms with E-state index < -0.39 is 6.10 Å². The van der Waals surface area contributed by atoms with Gasteiger partial charge < -0.3 is 14.2 Å². The molecule has 1 unspecified atom stereocenters. The van der Waals surface area contributed by atoms with Crippen LogP contribution in [0.15, 0.2) is 85.1 Å². The SMILES string of the molecule is CC/C=C\C/C=C\C/C=C\C/C=C\C/C=C\CCCC(=O)OCC(COCCCCCCCCCC/C=C\C/C=C\CCCCC)OC(=O)CCCCCCCCCCCCCCCCCCC. The highest BCUT2D eigenvalue weighted by Gasteiger charge is 2.17. The van der Waals surface area contributed by atoms with Gasteiger partial charge in [0.2, 0.25) is 0 Å². The zero-order valence-corrected chi connectivity index (χ0v) is 45.1. The number of carbonyl (C=O) groups excluding carboxylic acids is 2. The lowest BCUT2D eigenvalue weighted by Crippen LogP contribution is -2.30. The van der Waals surface area contributed by atoms with E-state index >= 15 is 0 Å². The van der Waals surface area contributed by atoms with Gasteiger partial charge in [0, 0.05) is 19.4 Å². The number of ether oxygens (including phenoxy) is 3. The Morgan fingerprint density at radius 3 is 1.13 bits per heavy atom. The zero-order chi connectivity index (χ0) is 49.2. The molecule has 5 heteroatoms. The summed E-state index contributed by atoms with van der Waals surface area (Å²) in [4.78, 5) is 25.5. The summed E-state index contributed by atoms with van der Waals surface area (Å²) in [7, 11) is 0. The first-order valence-electron chi connectivity index (χ1n) is 29.1. The Balaban J connectivity index is 4.36. The van der Waals surface area contributed by atoms with Crippen LogP contribution < -0.4 is 0 Å². The molecule has 1 atom stereocenters. The second kappa shape index (κ2) is 58.4. The van der Waals surface area contributed by atoms with Crippen LogP contribution in [0, 0.1) is 0 Å². The van der Waals surface area contributed by atoms with Crippen LogP contribution in [0.1, 0.15) is 278 Å². The van der Waals surface area contributed by atoms with Gasteiger partial charge in [0.1, 0.15) is 6.61 Å². The third kappa shape index (κ3) is 55.7. The molecule has 0 fully saturated rings. The molecule has 0 amide bonds. The van der Waals surface area contributed by atoms with Crippen molar-refractivity contribution in [2.75, 3.05) is 19.8 Å². The monoisotopic (exact) mass is 947 g/mol. The lowest BCUT2D eigenvalue weighted by molar-refractivity contribution is -0.163. The average Bonchev–Trinajstić information content (AvgIpc) is 3.34. The van der Waals surface area contributed by atoms with Crippen molar-refractivity contribution in [1.29, 1.82) is 0 Å². The van der Waals surface area contributed by atoms with Crippen LogP contribution in [-0.2, 0) is 23.8 Å². The van der Waals surface area contributed by atoms with Gasteiger partial charge in [-0.05, 0) is 89.9 Å². The van der Waals surface area contributed by atoms with Crippen molar-refractivity contribution in [3.05, 3.63) is 85.1 Å². The summed E-state index contributed by atoms with van der Waals surface area (Å²) in [5, 5.41) is 0. The van der Waals surface area contributed by atoms with Crippen LogP contribution in [0.3, 0.4) is 0 Å². The summed E-state index contributed by atoms with van der Waals surface area (Å²) in [6.45, 7) is 7.65. The molecule has 0 saturated heterocycles. The fraction of sp³-hybridized carbons (Fsp3) is 0.746. The van der Waals surface area contributed by atoms with Gasteiger partial charge in [-0.15, -0.1) is 0 Å². The summed E-state index contributed by atoms with van der Waals surface area (Å²) >= 11 is 0. The standard InChI is InChI=1S/C63H110O5/c1-4-7-10-13-16-19-22-25-28-31-34-37-40-43-46-49-52-55-58-66-59-61(68-63(65)57-54-51-48-45-42-39-36-33-30-27-24-21-18-15-12-9-6-3)60-67-62(64)56-53-50-47-44-41-38-35-32-29-26-23-20-17-14-11-8-5-2/h8,11,16-17,19-20,25-26,28-29,35,38,44,47,61H,4-7,9-10,12-15,18,21-24,27,30-34,36-37,39-43,45-46,48-60H2,1-3H3/b11-8-,19-16-,20-17-,28-25-,29-26-,38-35-,47-44-. The molecule has 0 saturated carbocycles. The lowest BCUT2D eigenvalue weighted by Gasteiger charge is -2.18. The Morgan fingerprint density at radius 1 is 0.338 bits per heavy atom. The van der Waals surface area contributed by atoms with Gasteiger partial charge in [-0.1, -0.05) is 260 Å². The van der Waals surface area contributed by atoms with Crippen molar-refractivity contribution in [3.63, 3.8) is 0 Å². The van der Waals surface area contributed by atoms with E-state index in [9.17, 15) is 9.59 Å². The van der Waals surface area contributed by atoms with Gasteiger partial charge in [-0.3, -0.25) is 9.59 Å². The van der Waals surface area contributed by atoms with Crippen molar-refractivity contribution >= 4 is 11.9 Å². The molecule has 0 aromatic carbocycles. The first kappa shape index (κ1) is 65.1. The molecule has 0 heterocycles. The molecule has 0 aliphatic rings.